The lowest BCUT2D eigenvalue weighted by Gasteiger charge is -2.07. The Morgan fingerprint density at radius 2 is 1.80 bits per heavy atom. The summed E-state index contributed by atoms with van der Waals surface area (Å²) in [6, 6.07) is 11.5. The van der Waals surface area contributed by atoms with Gasteiger partial charge in [-0.3, -0.25) is 0 Å². The van der Waals surface area contributed by atoms with Gasteiger partial charge in [-0.1, -0.05) is 35.9 Å². The third-order valence-electron chi connectivity index (χ3n) is 3.39. The molecular formula is C15H16. The molecule has 0 radical (unpaired) electrons. The highest BCUT2D eigenvalue weighted by atomic mass is 14.3. The number of rotatable bonds is 1. The second kappa shape index (κ2) is 3.10. The van der Waals surface area contributed by atoms with Gasteiger partial charge in [-0.25, -0.2) is 0 Å². The Bertz CT molecular complexity index is 519. The highest BCUT2D eigenvalue weighted by molar-refractivity contribution is 5.87. The fourth-order valence-electron chi connectivity index (χ4n) is 2.34. The average molecular weight is 196 g/mol. The number of hydrogen-bond acceptors (Lipinski definition) is 0. The molecule has 0 heterocycles. The van der Waals surface area contributed by atoms with E-state index in [9.17, 15) is 0 Å². The highest BCUT2D eigenvalue weighted by Gasteiger charge is 2.23. The molecule has 0 saturated heterocycles. The molecule has 2 aromatic carbocycles. The van der Waals surface area contributed by atoms with Gasteiger partial charge in [0.25, 0.3) is 0 Å². The molecule has 0 aromatic heterocycles. The van der Waals surface area contributed by atoms with Crippen molar-refractivity contribution in [1.29, 1.82) is 0 Å². The smallest absolute Gasteiger partial charge is 0.0152 e. The molecule has 0 N–H and O–H groups in total. The van der Waals surface area contributed by atoms with Crippen LogP contribution in [-0.4, -0.2) is 0 Å². The van der Waals surface area contributed by atoms with Crippen LogP contribution in [0, 0.1) is 13.8 Å². The van der Waals surface area contributed by atoms with E-state index in [4.69, 9.17) is 0 Å². The normalized spacial score (nSPS) is 15.9. The zero-order chi connectivity index (χ0) is 10.4. The summed E-state index contributed by atoms with van der Waals surface area (Å²) in [5.41, 5.74) is 4.33. The lowest BCUT2D eigenvalue weighted by atomic mass is 9.98. The predicted octanol–water partition coefficient (Wildman–Crippen LogP) is 4.33. The summed E-state index contributed by atoms with van der Waals surface area (Å²) in [5.74, 6) is 0.856. The van der Waals surface area contributed by atoms with E-state index >= 15 is 0 Å². The first kappa shape index (κ1) is 8.96. The van der Waals surface area contributed by atoms with Crippen LogP contribution in [0.25, 0.3) is 10.8 Å². The van der Waals surface area contributed by atoms with E-state index in [0.717, 1.165) is 5.92 Å². The molecule has 1 fully saturated rings. The van der Waals surface area contributed by atoms with Crippen LogP contribution in [0.15, 0.2) is 30.3 Å². The summed E-state index contributed by atoms with van der Waals surface area (Å²) in [4.78, 5) is 0. The molecule has 0 bridgehead atoms. The monoisotopic (exact) mass is 196 g/mol. The Kier molecular flexibility index (Phi) is 1.85. The van der Waals surface area contributed by atoms with E-state index in [1.165, 1.54) is 34.7 Å². The van der Waals surface area contributed by atoms with Gasteiger partial charge in [0.2, 0.25) is 0 Å². The largest absolute Gasteiger partial charge is 0.0587 e. The minimum atomic E-state index is 0.856. The van der Waals surface area contributed by atoms with Crippen molar-refractivity contribution in [1.82, 2.24) is 0 Å². The van der Waals surface area contributed by atoms with E-state index in [2.05, 4.69) is 44.2 Å². The molecule has 15 heavy (non-hydrogen) atoms. The topological polar surface area (TPSA) is 0 Å². The zero-order valence-electron chi connectivity index (χ0n) is 9.38. The molecule has 2 aromatic rings. The number of benzene rings is 2. The Morgan fingerprint density at radius 1 is 1.00 bits per heavy atom. The second-order valence-electron chi connectivity index (χ2n) is 4.84. The Balaban J connectivity index is 2.26. The van der Waals surface area contributed by atoms with E-state index in [0.29, 0.717) is 0 Å². The van der Waals surface area contributed by atoms with E-state index in [-0.39, 0.29) is 0 Å². The molecule has 1 aliphatic carbocycles. The average Bonchev–Trinajstić information content (AvgIpc) is 3.02. The maximum Gasteiger partial charge on any atom is -0.0152 e. The van der Waals surface area contributed by atoms with Crippen LogP contribution in [0.3, 0.4) is 0 Å². The Hall–Kier alpha value is -1.30. The van der Waals surface area contributed by atoms with Crippen molar-refractivity contribution in [2.75, 3.05) is 0 Å². The molecule has 3 rings (SSSR count). The number of hydrogen-bond donors (Lipinski definition) is 0. The summed E-state index contributed by atoms with van der Waals surface area (Å²) in [5, 5.41) is 2.82. The standard InChI is InChI=1S/C15H16/c1-10-3-4-13-9-14(12-5-6-12)8-11(2)15(13)7-10/h3-4,7-9,12H,5-6H2,1-2H3. The summed E-state index contributed by atoms with van der Waals surface area (Å²) in [7, 11) is 0. The van der Waals surface area contributed by atoms with Gasteiger partial charge in [0.05, 0.1) is 0 Å². The summed E-state index contributed by atoms with van der Waals surface area (Å²) < 4.78 is 0. The molecule has 1 aliphatic rings. The van der Waals surface area contributed by atoms with E-state index < -0.39 is 0 Å². The second-order valence-corrected chi connectivity index (χ2v) is 4.84. The lowest BCUT2D eigenvalue weighted by molar-refractivity contribution is 1.13. The molecule has 0 nitrogen and oxygen atoms in total. The molecular weight excluding hydrogens is 180 g/mol. The Labute approximate surface area is 90.9 Å². The van der Waals surface area contributed by atoms with Crippen LogP contribution in [0.4, 0.5) is 0 Å². The van der Waals surface area contributed by atoms with Crippen LogP contribution >= 0.6 is 0 Å². The van der Waals surface area contributed by atoms with Gasteiger partial charge in [-0.15, -0.1) is 0 Å². The van der Waals surface area contributed by atoms with Crippen LogP contribution < -0.4 is 0 Å². The van der Waals surface area contributed by atoms with Crippen LogP contribution in [0.5, 0.6) is 0 Å². The summed E-state index contributed by atoms with van der Waals surface area (Å²) in [6.45, 7) is 4.39. The molecule has 0 aliphatic heterocycles. The van der Waals surface area contributed by atoms with Crippen molar-refractivity contribution >= 4 is 10.8 Å². The summed E-state index contributed by atoms with van der Waals surface area (Å²) >= 11 is 0. The minimum absolute atomic E-state index is 0.856. The fourth-order valence-corrected chi connectivity index (χ4v) is 2.34. The molecule has 1 saturated carbocycles. The SMILES string of the molecule is Cc1ccc2cc(C3CC3)cc(C)c2c1. The van der Waals surface area contributed by atoms with Crippen LogP contribution in [0.1, 0.15) is 35.4 Å². The highest BCUT2D eigenvalue weighted by Crippen LogP contribution is 2.41. The van der Waals surface area contributed by atoms with Gasteiger partial charge in [-0.2, -0.15) is 0 Å². The minimum Gasteiger partial charge on any atom is -0.0587 e. The number of fused-ring (bicyclic) bond motifs is 1. The van der Waals surface area contributed by atoms with Crippen molar-refractivity contribution in [3.63, 3.8) is 0 Å². The first-order valence-corrected chi connectivity index (χ1v) is 5.75. The van der Waals surface area contributed by atoms with Crippen LogP contribution in [0.2, 0.25) is 0 Å². The van der Waals surface area contributed by atoms with Crippen molar-refractivity contribution in [3.8, 4) is 0 Å². The van der Waals surface area contributed by atoms with Crippen molar-refractivity contribution in [2.45, 2.75) is 32.6 Å². The molecule has 0 unspecified atom stereocenters. The van der Waals surface area contributed by atoms with Crippen molar-refractivity contribution < 1.29 is 0 Å². The summed E-state index contributed by atoms with van der Waals surface area (Å²) in [6.07, 6.45) is 2.77. The Morgan fingerprint density at radius 3 is 2.53 bits per heavy atom. The van der Waals surface area contributed by atoms with Gasteiger partial charge in [-0.05, 0) is 54.5 Å². The van der Waals surface area contributed by atoms with Crippen LogP contribution in [-0.2, 0) is 0 Å². The van der Waals surface area contributed by atoms with Gasteiger partial charge in [0, 0.05) is 0 Å². The van der Waals surface area contributed by atoms with Crippen molar-refractivity contribution in [2.24, 2.45) is 0 Å². The van der Waals surface area contributed by atoms with E-state index in [1.807, 2.05) is 0 Å². The molecule has 0 heteroatoms. The van der Waals surface area contributed by atoms with Crippen molar-refractivity contribution in [3.05, 3.63) is 47.0 Å². The molecule has 0 atom stereocenters. The third kappa shape index (κ3) is 1.54. The van der Waals surface area contributed by atoms with E-state index in [1.54, 1.807) is 5.56 Å². The van der Waals surface area contributed by atoms with Gasteiger partial charge in [0.15, 0.2) is 0 Å². The van der Waals surface area contributed by atoms with Gasteiger partial charge < -0.3 is 0 Å². The van der Waals surface area contributed by atoms with Gasteiger partial charge in [0.1, 0.15) is 0 Å². The maximum absolute atomic E-state index is 2.37. The molecule has 76 valence electrons. The van der Waals surface area contributed by atoms with Gasteiger partial charge >= 0.3 is 0 Å². The fraction of sp³-hybridized carbons (Fsp3) is 0.333. The number of aryl methyl sites for hydroxylation is 2. The molecule has 0 amide bonds. The zero-order valence-corrected chi connectivity index (χ0v) is 9.38. The quantitative estimate of drug-likeness (QED) is 0.636. The predicted molar refractivity (Wildman–Crippen MR) is 65.4 cm³/mol. The lowest BCUT2D eigenvalue weighted by Crippen LogP contribution is -1.85. The third-order valence-corrected chi connectivity index (χ3v) is 3.39. The first-order chi connectivity index (χ1) is 7.24. The maximum atomic E-state index is 2.37. The molecule has 0 spiro atoms. The first-order valence-electron chi connectivity index (χ1n) is 5.75.